The molecular weight excluding hydrogens is 254 g/mol. The summed E-state index contributed by atoms with van der Waals surface area (Å²) in [5.74, 6) is -1.53. The van der Waals surface area contributed by atoms with Gasteiger partial charge in [0.15, 0.2) is 0 Å². The van der Waals surface area contributed by atoms with Crippen LogP contribution in [0.2, 0.25) is 0 Å². The minimum Gasteiger partial charge on any atom is -0.479 e. The van der Waals surface area contributed by atoms with E-state index in [1.54, 1.807) is 12.1 Å². The Morgan fingerprint density at radius 2 is 1.83 bits per heavy atom. The Labute approximate surface area is 106 Å². The Kier molecular flexibility index (Phi) is 3.41. The fourth-order valence-electron chi connectivity index (χ4n) is 2.17. The first-order valence-electron chi connectivity index (χ1n) is 5.77. The molecule has 5 nitrogen and oxygen atoms in total. The zero-order chi connectivity index (χ0) is 13.3. The van der Waals surface area contributed by atoms with Crippen LogP contribution in [-0.2, 0) is 27.5 Å². The molecule has 0 spiro atoms. The van der Waals surface area contributed by atoms with Gasteiger partial charge in [0.05, 0.1) is 4.90 Å². The number of hydrogen-bond acceptors (Lipinski definition) is 4. The minimum absolute atomic E-state index is 0.00181. The molecule has 1 aliphatic rings. The van der Waals surface area contributed by atoms with Crippen molar-refractivity contribution in [2.45, 2.75) is 36.0 Å². The fourth-order valence-corrected chi connectivity index (χ4v) is 3.29. The van der Waals surface area contributed by atoms with Crippen molar-refractivity contribution in [1.29, 1.82) is 0 Å². The van der Waals surface area contributed by atoms with E-state index in [9.17, 15) is 13.2 Å². The summed E-state index contributed by atoms with van der Waals surface area (Å²) in [4.78, 5) is 10.7. The van der Waals surface area contributed by atoms with Crippen molar-refractivity contribution in [2.24, 2.45) is 5.73 Å². The summed E-state index contributed by atoms with van der Waals surface area (Å²) in [5.41, 5.74) is 7.34. The van der Waals surface area contributed by atoms with Gasteiger partial charge < -0.3 is 10.8 Å². The molecule has 3 N–H and O–H groups in total. The standard InChI is InChI=1S/C12H15NO4S/c13-11(12(14)15)18(16,17)10-6-5-8-3-1-2-4-9(8)7-10/h5-7,11H,1-4,13H2,(H,14,15). The quantitative estimate of drug-likeness (QED) is 0.842. The summed E-state index contributed by atoms with van der Waals surface area (Å²) >= 11 is 0. The van der Waals surface area contributed by atoms with Gasteiger partial charge in [-0.15, -0.1) is 0 Å². The number of aliphatic carboxylic acids is 1. The number of nitrogens with two attached hydrogens (primary N) is 1. The maximum absolute atomic E-state index is 12.0. The van der Waals surface area contributed by atoms with E-state index in [1.165, 1.54) is 6.07 Å². The number of aryl methyl sites for hydroxylation is 2. The van der Waals surface area contributed by atoms with Crippen molar-refractivity contribution < 1.29 is 18.3 Å². The van der Waals surface area contributed by atoms with Gasteiger partial charge >= 0.3 is 5.97 Å². The highest BCUT2D eigenvalue weighted by atomic mass is 32.2. The Hall–Kier alpha value is -1.40. The van der Waals surface area contributed by atoms with Crippen molar-refractivity contribution in [2.75, 3.05) is 0 Å². The molecule has 1 unspecified atom stereocenters. The summed E-state index contributed by atoms with van der Waals surface area (Å²) in [6, 6.07) is 4.77. The molecule has 0 bridgehead atoms. The minimum atomic E-state index is -3.99. The third kappa shape index (κ3) is 2.26. The van der Waals surface area contributed by atoms with Crippen LogP contribution in [0, 0.1) is 0 Å². The number of fused-ring (bicyclic) bond motifs is 1. The smallest absolute Gasteiger partial charge is 0.336 e. The van der Waals surface area contributed by atoms with Crippen molar-refractivity contribution in [3.8, 4) is 0 Å². The molecule has 2 rings (SSSR count). The third-order valence-corrected chi connectivity index (χ3v) is 5.01. The Bertz CT molecular complexity index is 580. The second kappa shape index (κ2) is 4.70. The Balaban J connectivity index is 2.43. The molecular formula is C12H15NO4S. The molecule has 0 saturated heterocycles. The van der Waals surface area contributed by atoms with E-state index in [2.05, 4.69) is 0 Å². The lowest BCUT2D eigenvalue weighted by Crippen LogP contribution is -2.38. The molecule has 0 heterocycles. The first kappa shape index (κ1) is 13.0. The summed E-state index contributed by atoms with van der Waals surface area (Å²) in [5, 5.41) is 6.81. The van der Waals surface area contributed by atoms with Crippen LogP contribution in [0.1, 0.15) is 24.0 Å². The maximum atomic E-state index is 12.0. The highest BCUT2D eigenvalue weighted by Crippen LogP contribution is 2.25. The van der Waals surface area contributed by atoms with E-state index in [0.717, 1.165) is 36.8 Å². The SMILES string of the molecule is NC(C(=O)O)S(=O)(=O)c1ccc2c(c1)CCCC2. The van der Waals surface area contributed by atoms with E-state index in [-0.39, 0.29) is 4.90 Å². The van der Waals surface area contributed by atoms with Gasteiger partial charge in [0.25, 0.3) is 0 Å². The van der Waals surface area contributed by atoms with Gasteiger partial charge in [-0.25, -0.2) is 13.2 Å². The zero-order valence-electron chi connectivity index (χ0n) is 9.80. The van der Waals surface area contributed by atoms with Crippen LogP contribution in [0.15, 0.2) is 23.1 Å². The van der Waals surface area contributed by atoms with Gasteiger partial charge in [-0.3, -0.25) is 0 Å². The molecule has 6 heteroatoms. The molecule has 1 aliphatic carbocycles. The maximum Gasteiger partial charge on any atom is 0.336 e. The zero-order valence-corrected chi connectivity index (χ0v) is 10.6. The third-order valence-electron chi connectivity index (χ3n) is 3.23. The number of sulfone groups is 1. The van der Waals surface area contributed by atoms with E-state index >= 15 is 0 Å². The second-order valence-electron chi connectivity index (χ2n) is 4.44. The first-order chi connectivity index (χ1) is 8.43. The molecule has 1 atom stereocenters. The molecule has 18 heavy (non-hydrogen) atoms. The highest BCUT2D eigenvalue weighted by molar-refractivity contribution is 7.92. The molecule has 0 aliphatic heterocycles. The lowest BCUT2D eigenvalue weighted by molar-refractivity contribution is -0.136. The number of benzene rings is 1. The molecule has 1 aromatic rings. The lowest BCUT2D eigenvalue weighted by atomic mass is 9.92. The van der Waals surface area contributed by atoms with Crippen LogP contribution < -0.4 is 5.73 Å². The normalized spacial score (nSPS) is 16.9. The summed E-state index contributed by atoms with van der Waals surface area (Å²) in [6.45, 7) is 0. The van der Waals surface area contributed by atoms with Gasteiger partial charge in [-0.2, -0.15) is 0 Å². The topological polar surface area (TPSA) is 97.5 Å². The van der Waals surface area contributed by atoms with Crippen LogP contribution in [0.25, 0.3) is 0 Å². The van der Waals surface area contributed by atoms with Crippen molar-refractivity contribution in [3.63, 3.8) is 0 Å². The molecule has 0 aromatic heterocycles. The number of carboxylic acid groups (broad SMARTS) is 1. The van der Waals surface area contributed by atoms with Crippen LogP contribution in [0.4, 0.5) is 0 Å². The monoisotopic (exact) mass is 269 g/mol. The first-order valence-corrected chi connectivity index (χ1v) is 7.31. The fraction of sp³-hybridized carbons (Fsp3) is 0.417. The van der Waals surface area contributed by atoms with Gasteiger partial charge in [0, 0.05) is 0 Å². The van der Waals surface area contributed by atoms with E-state index in [4.69, 9.17) is 10.8 Å². The van der Waals surface area contributed by atoms with Crippen LogP contribution in [0.5, 0.6) is 0 Å². The van der Waals surface area contributed by atoms with Crippen molar-refractivity contribution in [1.82, 2.24) is 0 Å². The summed E-state index contributed by atoms with van der Waals surface area (Å²) in [7, 11) is -3.99. The molecule has 98 valence electrons. The number of rotatable bonds is 3. The Morgan fingerprint density at radius 1 is 1.22 bits per heavy atom. The summed E-state index contributed by atoms with van der Waals surface area (Å²) in [6.07, 6.45) is 3.91. The molecule has 1 aromatic carbocycles. The predicted molar refractivity (Wildman–Crippen MR) is 65.9 cm³/mol. The Morgan fingerprint density at radius 3 is 2.44 bits per heavy atom. The summed E-state index contributed by atoms with van der Waals surface area (Å²) < 4.78 is 23.9. The van der Waals surface area contributed by atoms with Gasteiger partial charge in [-0.05, 0) is 48.9 Å². The number of carboxylic acids is 1. The van der Waals surface area contributed by atoms with Crippen molar-refractivity contribution >= 4 is 15.8 Å². The molecule has 0 radical (unpaired) electrons. The van der Waals surface area contributed by atoms with E-state index < -0.39 is 21.2 Å². The number of hydrogen-bond donors (Lipinski definition) is 2. The van der Waals surface area contributed by atoms with Gasteiger partial charge in [-0.1, -0.05) is 6.07 Å². The van der Waals surface area contributed by atoms with E-state index in [0.29, 0.717) is 0 Å². The average Bonchev–Trinajstić information content (AvgIpc) is 2.37. The second-order valence-corrected chi connectivity index (χ2v) is 6.51. The molecule has 0 amide bonds. The molecule has 0 saturated carbocycles. The predicted octanol–water partition coefficient (Wildman–Crippen LogP) is 0.708. The molecule has 0 fully saturated rings. The highest BCUT2D eigenvalue weighted by Gasteiger charge is 2.30. The average molecular weight is 269 g/mol. The van der Waals surface area contributed by atoms with Crippen LogP contribution in [-0.4, -0.2) is 24.9 Å². The van der Waals surface area contributed by atoms with Gasteiger partial charge in [0.2, 0.25) is 15.2 Å². The number of carbonyl (C=O) groups is 1. The van der Waals surface area contributed by atoms with Crippen LogP contribution >= 0.6 is 0 Å². The largest absolute Gasteiger partial charge is 0.479 e. The van der Waals surface area contributed by atoms with Crippen molar-refractivity contribution in [3.05, 3.63) is 29.3 Å². The lowest BCUT2D eigenvalue weighted by Gasteiger charge is -2.17. The van der Waals surface area contributed by atoms with Crippen LogP contribution in [0.3, 0.4) is 0 Å². The van der Waals surface area contributed by atoms with E-state index in [1.807, 2.05) is 0 Å². The van der Waals surface area contributed by atoms with Gasteiger partial charge in [0.1, 0.15) is 0 Å².